The van der Waals surface area contributed by atoms with Gasteiger partial charge < -0.3 is 23.2 Å². The highest BCUT2D eigenvalue weighted by Gasteiger charge is 2.59. The summed E-state index contributed by atoms with van der Waals surface area (Å²) in [6.45, 7) is 18.0. The fraction of sp³-hybridized carbons (Fsp3) is 0.571. The summed E-state index contributed by atoms with van der Waals surface area (Å²) in [6, 6.07) is 8.60. The molecule has 3 aliphatic rings. The van der Waals surface area contributed by atoms with Gasteiger partial charge in [0.25, 0.3) is 11.4 Å². The molecule has 0 aliphatic carbocycles. The molecule has 2 aromatic rings. The molecule has 0 N–H and O–H groups in total. The summed E-state index contributed by atoms with van der Waals surface area (Å²) in [5.41, 5.74) is 0.542. The molecule has 23 heteroatoms. The van der Waals surface area contributed by atoms with Gasteiger partial charge in [0.1, 0.15) is 19.3 Å². The minimum atomic E-state index is -2.25. The molecule has 3 saturated heterocycles. The van der Waals surface area contributed by atoms with Crippen molar-refractivity contribution in [2.75, 3.05) is 45.9 Å². The number of rotatable bonds is 17. The van der Waals surface area contributed by atoms with Crippen LogP contribution >= 0.6 is 11.8 Å². The van der Waals surface area contributed by atoms with Gasteiger partial charge in [-0.1, -0.05) is 18.7 Å². The molecule has 354 valence electrons. The lowest BCUT2D eigenvalue weighted by Gasteiger charge is -2.50. The van der Waals surface area contributed by atoms with Crippen LogP contribution in [0, 0.1) is 32.1 Å². The van der Waals surface area contributed by atoms with Crippen molar-refractivity contribution in [3.05, 3.63) is 79.9 Å². The van der Waals surface area contributed by atoms with Gasteiger partial charge in [0, 0.05) is 81.3 Å². The van der Waals surface area contributed by atoms with Crippen LogP contribution in [0.25, 0.3) is 0 Å². The lowest BCUT2D eigenvalue weighted by atomic mass is 9.76. The van der Waals surface area contributed by atoms with Gasteiger partial charge in [-0.15, -0.1) is 0 Å². The molecule has 65 heavy (non-hydrogen) atoms. The number of piperazine rings is 1. The fourth-order valence-corrected chi connectivity index (χ4v) is 11.2. The summed E-state index contributed by atoms with van der Waals surface area (Å²) in [5, 5.41) is 21.1. The predicted octanol–water partition coefficient (Wildman–Crippen LogP) is 4.81. The Morgan fingerprint density at radius 3 is 1.85 bits per heavy atom. The maximum absolute atomic E-state index is 14.3. The molecule has 0 radical (unpaired) electrons. The highest BCUT2D eigenvalue weighted by molar-refractivity contribution is 8.14. The van der Waals surface area contributed by atoms with Crippen LogP contribution in [0.4, 0.5) is 16.2 Å². The van der Waals surface area contributed by atoms with Crippen molar-refractivity contribution >= 4 is 74.7 Å². The van der Waals surface area contributed by atoms with E-state index in [2.05, 4.69) is 24.5 Å². The summed E-state index contributed by atoms with van der Waals surface area (Å²) in [4.78, 5) is 110. The number of benzene rings is 2. The first-order chi connectivity index (χ1) is 30.4. The third-order valence-corrected chi connectivity index (χ3v) is 14.7. The normalized spacial score (nSPS) is 21.3. The molecule has 3 fully saturated rings. The monoisotopic (exact) mass is 958 g/mol. The molecule has 0 bridgehead atoms. The van der Waals surface area contributed by atoms with E-state index in [1.807, 2.05) is 19.6 Å². The lowest BCUT2D eigenvalue weighted by molar-refractivity contribution is -0.385. The van der Waals surface area contributed by atoms with Crippen LogP contribution in [0.1, 0.15) is 31.4 Å². The first-order valence-electron chi connectivity index (χ1n) is 21.4. The Kier molecular flexibility index (Phi) is 16.8. The fourth-order valence-electron chi connectivity index (χ4n) is 7.99. The smallest absolute Gasteiger partial charge is 0.410 e. The van der Waals surface area contributed by atoms with Crippen molar-refractivity contribution < 1.29 is 56.9 Å². The van der Waals surface area contributed by atoms with Gasteiger partial charge in [-0.3, -0.25) is 54.1 Å². The van der Waals surface area contributed by atoms with Gasteiger partial charge in [-0.05, 0) is 88.0 Å². The maximum atomic E-state index is 14.3. The van der Waals surface area contributed by atoms with Crippen molar-refractivity contribution in [3.63, 3.8) is 0 Å². The highest BCUT2D eigenvalue weighted by Crippen LogP contribution is 2.41. The SMILES string of the molecule is C[C@@H](O[Si](C)(C)C)[C@H]1C(=O)N(C(=O)C(=O)OCc2ccc([N+](=O)[O-])cc2)[C@@H]1[C@@H](C)C(=O)S[C@H]1C[C@@H](C(=O)N2CCN(CCO[Si](C)(C)C)CC2)N(C(=O)OCc2ccc([N+](=O)[O-])cc2)C1. The number of carbonyl (C=O) groups excluding carboxylic acids is 6. The topological polar surface area (TPSA) is 239 Å². The van der Waals surface area contributed by atoms with Crippen LogP contribution in [0.5, 0.6) is 0 Å². The first-order valence-corrected chi connectivity index (χ1v) is 29.1. The molecular formula is C42H58N6O14SSi2. The molecule has 0 saturated carbocycles. The van der Waals surface area contributed by atoms with Crippen LogP contribution in [-0.2, 0) is 55.5 Å². The molecule has 6 atom stereocenters. The summed E-state index contributed by atoms with van der Waals surface area (Å²) in [7, 11) is -3.94. The summed E-state index contributed by atoms with van der Waals surface area (Å²) >= 11 is 0.886. The molecule has 4 amide bonds. The molecule has 0 spiro atoms. The van der Waals surface area contributed by atoms with Gasteiger partial charge in [-0.2, -0.15) is 0 Å². The van der Waals surface area contributed by atoms with Crippen LogP contribution in [-0.4, -0.2) is 150 Å². The number of nitro groups is 2. The number of carbonyl (C=O) groups is 6. The molecule has 2 aromatic carbocycles. The summed E-state index contributed by atoms with van der Waals surface area (Å²) in [5.74, 6) is -5.63. The zero-order valence-electron chi connectivity index (χ0n) is 38.0. The zero-order valence-corrected chi connectivity index (χ0v) is 40.8. The third kappa shape index (κ3) is 13.5. The van der Waals surface area contributed by atoms with E-state index in [9.17, 15) is 49.0 Å². The number of nitro benzene ring substituents is 2. The summed E-state index contributed by atoms with van der Waals surface area (Å²) < 4.78 is 23.1. The van der Waals surface area contributed by atoms with Crippen molar-refractivity contribution in [1.29, 1.82) is 0 Å². The van der Waals surface area contributed by atoms with Crippen molar-refractivity contribution in [2.45, 2.75) is 96.2 Å². The van der Waals surface area contributed by atoms with Gasteiger partial charge in [0.2, 0.25) is 11.8 Å². The molecular weight excluding hydrogens is 901 g/mol. The Morgan fingerprint density at radius 2 is 1.34 bits per heavy atom. The van der Waals surface area contributed by atoms with Gasteiger partial charge in [-0.25, -0.2) is 9.59 Å². The number of β-lactam (4-membered cyclic amide) rings is 1. The van der Waals surface area contributed by atoms with E-state index < -0.39 is 97.4 Å². The Labute approximate surface area is 383 Å². The standard InChI is InChI=1S/C42H58N6O14SSi2/c1-27(36-35(28(2)62-65(6,7)8)38(50)46(36)39(51)40(52)59-25-29-9-13-31(14-10-29)47(55)56)41(53)63-33-23-34(37(49)44-19-17-43(18-20-44)21-22-61-64(3,4)5)45(24-33)42(54)60-26-30-11-15-32(16-12-30)48(57)58/h9-16,27-28,33-36H,17-26H2,1-8H3/t27-,28-,33+,34+,35-,36-/m1/s1. The number of non-ortho nitro benzene ring substituents is 2. The number of nitrogens with zero attached hydrogens (tertiary/aromatic N) is 6. The number of hydrogen-bond acceptors (Lipinski definition) is 16. The Morgan fingerprint density at radius 1 is 0.800 bits per heavy atom. The Balaban J connectivity index is 1.30. The second kappa shape index (κ2) is 21.5. The number of likely N-dealkylation sites (tertiary alicyclic amines) is 2. The quantitative estimate of drug-likeness (QED) is 0.0516. The van der Waals surface area contributed by atoms with E-state index in [4.69, 9.17) is 18.3 Å². The first kappa shape index (κ1) is 50.9. The van der Waals surface area contributed by atoms with Crippen LogP contribution < -0.4 is 0 Å². The lowest BCUT2D eigenvalue weighted by Crippen LogP contribution is -2.70. The largest absolute Gasteiger partial charge is 0.454 e. The minimum Gasteiger partial charge on any atom is -0.454 e. The second-order valence-corrected chi connectivity index (χ2v) is 28.6. The average molecular weight is 959 g/mol. The van der Waals surface area contributed by atoms with Gasteiger partial charge in [0.05, 0.1) is 27.9 Å². The highest BCUT2D eigenvalue weighted by atomic mass is 32.2. The number of hydrogen-bond donors (Lipinski definition) is 0. The van der Waals surface area contributed by atoms with E-state index in [0.29, 0.717) is 43.9 Å². The molecule has 0 aromatic heterocycles. The molecule has 5 rings (SSSR count). The summed E-state index contributed by atoms with van der Waals surface area (Å²) in [6.07, 6.45) is -1.43. The Hall–Kier alpha value is -5.08. The van der Waals surface area contributed by atoms with Crippen molar-refractivity contribution in [1.82, 2.24) is 19.6 Å². The number of esters is 1. The minimum absolute atomic E-state index is 0.0492. The van der Waals surface area contributed by atoms with E-state index in [1.165, 1.54) is 53.4 Å². The van der Waals surface area contributed by atoms with Crippen molar-refractivity contribution in [2.24, 2.45) is 11.8 Å². The third-order valence-electron chi connectivity index (χ3n) is 11.2. The maximum Gasteiger partial charge on any atom is 0.410 e. The van der Waals surface area contributed by atoms with E-state index >= 15 is 0 Å². The van der Waals surface area contributed by atoms with Crippen LogP contribution in [0.2, 0.25) is 39.3 Å². The van der Waals surface area contributed by atoms with Crippen LogP contribution in [0.15, 0.2) is 48.5 Å². The number of ether oxygens (including phenoxy) is 2. The van der Waals surface area contributed by atoms with E-state index in [-0.39, 0.29) is 36.9 Å². The van der Waals surface area contributed by atoms with E-state index in [1.54, 1.807) is 18.7 Å². The van der Waals surface area contributed by atoms with Gasteiger partial charge >= 0.3 is 18.0 Å². The molecule has 20 nitrogen and oxygen atoms in total. The second-order valence-electron chi connectivity index (χ2n) is 18.3. The van der Waals surface area contributed by atoms with E-state index in [0.717, 1.165) is 23.2 Å². The number of imide groups is 1. The molecule has 3 heterocycles. The van der Waals surface area contributed by atoms with Crippen molar-refractivity contribution in [3.8, 4) is 0 Å². The average Bonchev–Trinajstić information content (AvgIpc) is 3.66. The number of thioether (sulfide) groups is 1. The zero-order chi connectivity index (χ0) is 48.0. The number of amides is 4. The Bertz CT molecular complexity index is 2110. The molecule has 3 aliphatic heterocycles. The predicted molar refractivity (Wildman–Crippen MR) is 242 cm³/mol. The van der Waals surface area contributed by atoms with Gasteiger partial charge in [0.15, 0.2) is 21.8 Å². The van der Waals surface area contributed by atoms with Crippen LogP contribution in [0.3, 0.4) is 0 Å². The molecule has 0 unspecified atom stereocenters.